The lowest BCUT2D eigenvalue weighted by atomic mass is 9.98. The minimum absolute atomic E-state index is 0.851. The van der Waals surface area contributed by atoms with Gasteiger partial charge in [0.1, 0.15) is 0 Å². The van der Waals surface area contributed by atoms with Crippen LogP contribution in [0.3, 0.4) is 0 Å². The molecule has 1 aliphatic heterocycles. The van der Waals surface area contributed by atoms with E-state index in [1.165, 1.54) is 41.5 Å². The molecule has 1 heterocycles. The summed E-state index contributed by atoms with van der Waals surface area (Å²) < 4.78 is 1.17. The van der Waals surface area contributed by atoms with Crippen LogP contribution in [0, 0.1) is 12.8 Å². The number of piperidine rings is 1. The lowest BCUT2D eigenvalue weighted by Gasteiger charge is -2.23. The Morgan fingerprint density at radius 2 is 2.12 bits per heavy atom. The van der Waals surface area contributed by atoms with Gasteiger partial charge in [-0.05, 0) is 68.6 Å². The van der Waals surface area contributed by atoms with Gasteiger partial charge in [-0.3, -0.25) is 0 Å². The molecule has 1 aromatic rings. The Morgan fingerprint density at radius 1 is 1.35 bits per heavy atom. The van der Waals surface area contributed by atoms with Gasteiger partial charge in [0.25, 0.3) is 0 Å². The fourth-order valence-electron chi connectivity index (χ4n) is 2.33. The van der Waals surface area contributed by atoms with Crippen molar-refractivity contribution in [2.45, 2.75) is 26.3 Å². The smallest absolute Gasteiger partial charge is 0.0208 e. The molecule has 1 saturated heterocycles. The second-order valence-electron chi connectivity index (χ2n) is 4.90. The maximum atomic E-state index is 3.59. The molecule has 94 valence electrons. The van der Waals surface area contributed by atoms with Crippen LogP contribution in [0.2, 0.25) is 0 Å². The van der Waals surface area contributed by atoms with Crippen LogP contribution >= 0.6 is 15.9 Å². The first-order chi connectivity index (χ1) is 8.25. The summed E-state index contributed by atoms with van der Waals surface area (Å²) in [4.78, 5) is 0. The zero-order valence-corrected chi connectivity index (χ0v) is 12.0. The first-order valence-corrected chi connectivity index (χ1v) is 7.21. The first kappa shape index (κ1) is 13.1. The fourth-order valence-corrected chi connectivity index (χ4v) is 2.74. The first-order valence-electron chi connectivity index (χ1n) is 6.42. The van der Waals surface area contributed by atoms with Crippen LogP contribution in [-0.2, 0) is 6.54 Å². The summed E-state index contributed by atoms with van der Waals surface area (Å²) in [5, 5.41) is 7.00. The average Bonchev–Trinajstić information content (AvgIpc) is 2.35. The molecule has 3 heteroatoms. The van der Waals surface area contributed by atoms with Crippen LogP contribution < -0.4 is 10.6 Å². The van der Waals surface area contributed by atoms with Crippen molar-refractivity contribution in [1.29, 1.82) is 0 Å². The number of benzene rings is 1. The molecule has 0 radical (unpaired) electrons. The number of aryl methyl sites for hydroxylation is 1. The predicted octanol–water partition coefficient (Wildman–Crippen LogP) is 2.85. The van der Waals surface area contributed by atoms with Gasteiger partial charge in [-0.25, -0.2) is 0 Å². The van der Waals surface area contributed by atoms with Gasteiger partial charge in [0, 0.05) is 11.0 Å². The van der Waals surface area contributed by atoms with Gasteiger partial charge in [0.15, 0.2) is 0 Å². The molecule has 0 spiro atoms. The summed E-state index contributed by atoms with van der Waals surface area (Å²) in [6, 6.07) is 6.49. The minimum atomic E-state index is 0.851. The molecule has 1 fully saturated rings. The van der Waals surface area contributed by atoms with E-state index in [0.717, 1.165) is 19.0 Å². The highest BCUT2D eigenvalue weighted by molar-refractivity contribution is 9.10. The van der Waals surface area contributed by atoms with Crippen molar-refractivity contribution in [3.8, 4) is 0 Å². The maximum Gasteiger partial charge on any atom is 0.0208 e. The summed E-state index contributed by atoms with van der Waals surface area (Å²) in [6.07, 6.45) is 2.62. The SMILES string of the molecule is Cc1ccc(Br)cc1CNCC1CCNCC1. The molecule has 0 amide bonds. The molecular weight excluding hydrogens is 276 g/mol. The zero-order chi connectivity index (χ0) is 12.1. The van der Waals surface area contributed by atoms with E-state index in [2.05, 4.69) is 51.7 Å². The maximum absolute atomic E-state index is 3.59. The molecule has 2 nitrogen and oxygen atoms in total. The van der Waals surface area contributed by atoms with E-state index in [1.54, 1.807) is 0 Å². The van der Waals surface area contributed by atoms with Crippen molar-refractivity contribution in [3.05, 3.63) is 33.8 Å². The largest absolute Gasteiger partial charge is 0.317 e. The van der Waals surface area contributed by atoms with Gasteiger partial charge in [-0.1, -0.05) is 22.0 Å². The van der Waals surface area contributed by atoms with Gasteiger partial charge in [-0.2, -0.15) is 0 Å². The normalized spacial score (nSPS) is 17.3. The highest BCUT2D eigenvalue weighted by atomic mass is 79.9. The van der Waals surface area contributed by atoms with Crippen LogP contribution in [-0.4, -0.2) is 19.6 Å². The van der Waals surface area contributed by atoms with Crippen LogP contribution in [0.15, 0.2) is 22.7 Å². The van der Waals surface area contributed by atoms with Crippen LogP contribution in [0.5, 0.6) is 0 Å². The fraction of sp³-hybridized carbons (Fsp3) is 0.571. The third-order valence-electron chi connectivity index (χ3n) is 3.52. The van der Waals surface area contributed by atoms with E-state index in [-0.39, 0.29) is 0 Å². The molecular formula is C14H21BrN2. The molecule has 0 bridgehead atoms. The number of rotatable bonds is 4. The Balaban J connectivity index is 1.79. The van der Waals surface area contributed by atoms with Crippen molar-refractivity contribution in [1.82, 2.24) is 10.6 Å². The summed E-state index contributed by atoms with van der Waals surface area (Å²) in [6.45, 7) is 6.67. The standard InChI is InChI=1S/C14H21BrN2/c1-11-2-3-14(15)8-13(11)10-17-9-12-4-6-16-7-5-12/h2-3,8,12,16-17H,4-7,9-10H2,1H3. The molecule has 0 saturated carbocycles. The van der Waals surface area contributed by atoms with E-state index >= 15 is 0 Å². The molecule has 2 rings (SSSR count). The molecule has 0 unspecified atom stereocenters. The predicted molar refractivity (Wildman–Crippen MR) is 76.2 cm³/mol. The molecule has 1 aliphatic rings. The average molecular weight is 297 g/mol. The molecule has 0 atom stereocenters. The van der Waals surface area contributed by atoms with Gasteiger partial charge < -0.3 is 10.6 Å². The third-order valence-corrected chi connectivity index (χ3v) is 4.01. The quantitative estimate of drug-likeness (QED) is 0.893. The molecule has 0 aromatic heterocycles. The summed E-state index contributed by atoms with van der Waals surface area (Å²) in [5.74, 6) is 0.851. The summed E-state index contributed by atoms with van der Waals surface area (Å²) in [5.41, 5.74) is 2.76. The Bertz CT molecular complexity index is 359. The molecule has 1 aromatic carbocycles. The Kier molecular flexibility index (Phi) is 5.01. The summed E-state index contributed by atoms with van der Waals surface area (Å²) in [7, 11) is 0. The molecule has 17 heavy (non-hydrogen) atoms. The Hall–Kier alpha value is -0.380. The van der Waals surface area contributed by atoms with Gasteiger partial charge in [-0.15, -0.1) is 0 Å². The highest BCUT2D eigenvalue weighted by Gasteiger charge is 2.12. The van der Waals surface area contributed by atoms with Crippen LogP contribution in [0.4, 0.5) is 0 Å². The van der Waals surface area contributed by atoms with Crippen LogP contribution in [0.1, 0.15) is 24.0 Å². The number of nitrogens with one attached hydrogen (secondary N) is 2. The number of halogens is 1. The van der Waals surface area contributed by atoms with Crippen molar-refractivity contribution in [2.75, 3.05) is 19.6 Å². The van der Waals surface area contributed by atoms with Gasteiger partial charge in [0.2, 0.25) is 0 Å². The summed E-state index contributed by atoms with van der Waals surface area (Å²) >= 11 is 3.53. The van der Waals surface area contributed by atoms with Crippen molar-refractivity contribution < 1.29 is 0 Å². The molecule has 0 aliphatic carbocycles. The minimum Gasteiger partial charge on any atom is -0.317 e. The third kappa shape index (κ3) is 4.09. The van der Waals surface area contributed by atoms with Crippen molar-refractivity contribution in [3.63, 3.8) is 0 Å². The van der Waals surface area contributed by atoms with Crippen molar-refractivity contribution >= 4 is 15.9 Å². The number of hydrogen-bond acceptors (Lipinski definition) is 2. The van der Waals surface area contributed by atoms with Gasteiger partial charge in [0.05, 0.1) is 0 Å². The second-order valence-corrected chi connectivity index (χ2v) is 5.81. The molecule has 2 N–H and O–H groups in total. The van der Waals surface area contributed by atoms with E-state index in [4.69, 9.17) is 0 Å². The van der Waals surface area contributed by atoms with E-state index in [1.807, 2.05) is 0 Å². The van der Waals surface area contributed by atoms with Crippen LogP contribution in [0.25, 0.3) is 0 Å². The van der Waals surface area contributed by atoms with Crippen molar-refractivity contribution in [2.24, 2.45) is 5.92 Å². The highest BCUT2D eigenvalue weighted by Crippen LogP contribution is 2.16. The lowest BCUT2D eigenvalue weighted by molar-refractivity contribution is 0.356. The van der Waals surface area contributed by atoms with Gasteiger partial charge >= 0.3 is 0 Å². The topological polar surface area (TPSA) is 24.1 Å². The Morgan fingerprint density at radius 3 is 2.88 bits per heavy atom. The zero-order valence-electron chi connectivity index (χ0n) is 10.4. The van der Waals surface area contributed by atoms with E-state index < -0.39 is 0 Å². The number of hydrogen-bond donors (Lipinski definition) is 2. The monoisotopic (exact) mass is 296 g/mol. The Labute approximate surface area is 112 Å². The van der Waals surface area contributed by atoms with E-state index in [0.29, 0.717) is 0 Å². The van der Waals surface area contributed by atoms with E-state index in [9.17, 15) is 0 Å². The second kappa shape index (κ2) is 6.53. The lowest BCUT2D eigenvalue weighted by Crippen LogP contribution is -2.33.